The van der Waals surface area contributed by atoms with E-state index in [1.807, 2.05) is 0 Å². The highest BCUT2D eigenvalue weighted by Gasteiger charge is 2.17. The maximum atomic E-state index is 6.15. The zero-order valence-electron chi connectivity index (χ0n) is 11.4. The second-order valence-electron chi connectivity index (χ2n) is 4.56. The number of anilines is 1. The number of rotatable bonds is 5. The fraction of sp³-hybridized carbons (Fsp3) is 0.429. The summed E-state index contributed by atoms with van der Waals surface area (Å²) in [6.07, 6.45) is 3.38. The standard InChI is InChI=1S/C14H18ClN3S/c1-4-12-13(15)16-9-17-14(12)18(3)10(2)8-11-6-5-7-19-11/h5-7,9-10H,4,8H2,1-3H3. The summed E-state index contributed by atoms with van der Waals surface area (Å²) < 4.78 is 0. The summed E-state index contributed by atoms with van der Waals surface area (Å²) in [6, 6.07) is 4.63. The predicted molar refractivity (Wildman–Crippen MR) is 82.3 cm³/mol. The molecule has 5 heteroatoms. The van der Waals surface area contributed by atoms with Gasteiger partial charge in [0.25, 0.3) is 0 Å². The fourth-order valence-corrected chi connectivity index (χ4v) is 3.14. The highest BCUT2D eigenvalue weighted by molar-refractivity contribution is 7.09. The van der Waals surface area contributed by atoms with Gasteiger partial charge in [-0.3, -0.25) is 0 Å². The largest absolute Gasteiger partial charge is 0.356 e. The molecule has 0 aliphatic rings. The lowest BCUT2D eigenvalue weighted by Crippen LogP contribution is -2.32. The van der Waals surface area contributed by atoms with Crippen molar-refractivity contribution < 1.29 is 0 Å². The molecule has 0 saturated heterocycles. The first-order chi connectivity index (χ1) is 9.13. The molecule has 102 valence electrons. The molecule has 2 rings (SSSR count). The third-order valence-corrected chi connectivity index (χ3v) is 4.52. The van der Waals surface area contributed by atoms with Gasteiger partial charge in [0.1, 0.15) is 17.3 Å². The molecule has 0 N–H and O–H groups in total. The molecule has 0 aliphatic heterocycles. The summed E-state index contributed by atoms with van der Waals surface area (Å²) in [5, 5.41) is 2.67. The van der Waals surface area contributed by atoms with Crippen LogP contribution in [-0.2, 0) is 12.8 Å². The van der Waals surface area contributed by atoms with Gasteiger partial charge in [0, 0.05) is 30.0 Å². The van der Waals surface area contributed by atoms with E-state index in [9.17, 15) is 0 Å². The number of halogens is 1. The van der Waals surface area contributed by atoms with E-state index in [0.29, 0.717) is 11.2 Å². The Bertz CT molecular complexity index is 527. The van der Waals surface area contributed by atoms with Crippen molar-refractivity contribution >= 4 is 28.8 Å². The number of likely N-dealkylation sites (N-methyl/N-ethyl adjacent to an activating group) is 1. The van der Waals surface area contributed by atoms with E-state index < -0.39 is 0 Å². The van der Waals surface area contributed by atoms with Crippen LogP contribution in [0.4, 0.5) is 5.82 Å². The molecular weight excluding hydrogens is 278 g/mol. The molecule has 0 spiro atoms. The Labute approximate surface area is 123 Å². The van der Waals surface area contributed by atoms with Crippen molar-refractivity contribution in [2.24, 2.45) is 0 Å². The molecular formula is C14H18ClN3S. The lowest BCUT2D eigenvalue weighted by atomic mass is 10.1. The van der Waals surface area contributed by atoms with Gasteiger partial charge < -0.3 is 4.90 Å². The quantitative estimate of drug-likeness (QED) is 0.785. The van der Waals surface area contributed by atoms with Crippen LogP contribution in [0, 0.1) is 0 Å². The maximum Gasteiger partial charge on any atom is 0.137 e. The van der Waals surface area contributed by atoms with Crippen LogP contribution in [0.25, 0.3) is 0 Å². The first-order valence-corrected chi connectivity index (χ1v) is 7.63. The van der Waals surface area contributed by atoms with Gasteiger partial charge >= 0.3 is 0 Å². The average molecular weight is 296 g/mol. The van der Waals surface area contributed by atoms with Gasteiger partial charge in [0.05, 0.1) is 0 Å². The molecule has 1 unspecified atom stereocenters. The topological polar surface area (TPSA) is 29.0 Å². The number of hydrogen-bond donors (Lipinski definition) is 0. The Hall–Kier alpha value is -1.13. The van der Waals surface area contributed by atoms with Crippen LogP contribution < -0.4 is 4.90 Å². The zero-order valence-corrected chi connectivity index (χ0v) is 13.0. The van der Waals surface area contributed by atoms with Crippen LogP contribution in [0.5, 0.6) is 0 Å². The van der Waals surface area contributed by atoms with Crippen LogP contribution in [0.3, 0.4) is 0 Å². The van der Waals surface area contributed by atoms with Gasteiger partial charge in [0.15, 0.2) is 0 Å². The van der Waals surface area contributed by atoms with Crippen molar-refractivity contribution in [3.63, 3.8) is 0 Å². The van der Waals surface area contributed by atoms with Gasteiger partial charge in [-0.2, -0.15) is 0 Å². The number of aromatic nitrogens is 2. The summed E-state index contributed by atoms with van der Waals surface area (Å²) in [4.78, 5) is 12.0. The number of thiophene rings is 1. The summed E-state index contributed by atoms with van der Waals surface area (Å²) >= 11 is 7.94. The highest BCUT2D eigenvalue weighted by Crippen LogP contribution is 2.25. The Kier molecular flexibility index (Phi) is 4.77. The molecule has 1 atom stereocenters. The second kappa shape index (κ2) is 6.35. The van der Waals surface area contributed by atoms with Crippen LogP contribution in [0.2, 0.25) is 5.15 Å². The third kappa shape index (κ3) is 3.25. The lowest BCUT2D eigenvalue weighted by Gasteiger charge is -2.27. The monoisotopic (exact) mass is 295 g/mol. The average Bonchev–Trinajstić information content (AvgIpc) is 2.90. The second-order valence-corrected chi connectivity index (χ2v) is 5.95. The molecule has 0 fully saturated rings. The van der Waals surface area contributed by atoms with E-state index in [-0.39, 0.29) is 0 Å². The Morgan fingerprint density at radius 2 is 2.21 bits per heavy atom. The normalized spacial score (nSPS) is 12.4. The molecule has 0 saturated carbocycles. The fourth-order valence-electron chi connectivity index (χ4n) is 2.06. The summed E-state index contributed by atoms with van der Waals surface area (Å²) in [7, 11) is 2.07. The van der Waals surface area contributed by atoms with Crippen molar-refractivity contribution in [3.05, 3.63) is 39.4 Å². The third-order valence-electron chi connectivity index (χ3n) is 3.30. The van der Waals surface area contributed by atoms with Gasteiger partial charge in [-0.25, -0.2) is 9.97 Å². The molecule has 2 aromatic rings. The number of hydrogen-bond acceptors (Lipinski definition) is 4. The van der Waals surface area contributed by atoms with Crippen molar-refractivity contribution in [1.82, 2.24) is 9.97 Å². The highest BCUT2D eigenvalue weighted by atomic mass is 35.5. The molecule has 2 heterocycles. The molecule has 0 bridgehead atoms. The summed E-state index contributed by atoms with van der Waals surface area (Å²) in [6.45, 7) is 4.28. The lowest BCUT2D eigenvalue weighted by molar-refractivity contribution is 0.675. The minimum Gasteiger partial charge on any atom is -0.356 e. The molecule has 0 amide bonds. The van der Waals surface area contributed by atoms with Gasteiger partial charge in [-0.05, 0) is 24.8 Å². The molecule has 2 aromatic heterocycles. The van der Waals surface area contributed by atoms with Gasteiger partial charge in [-0.15, -0.1) is 11.3 Å². The minimum atomic E-state index is 0.370. The smallest absolute Gasteiger partial charge is 0.137 e. The molecule has 0 aliphatic carbocycles. The summed E-state index contributed by atoms with van der Waals surface area (Å²) in [5.41, 5.74) is 1.02. The summed E-state index contributed by atoms with van der Waals surface area (Å²) in [5.74, 6) is 0.937. The van der Waals surface area contributed by atoms with Crippen molar-refractivity contribution in [2.75, 3.05) is 11.9 Å². The van der Waals surface area contributed by atoms with E-state index in [0.717, 1.165) is 24.2 Å². The van der Waals surface area contributed by atoms with Gasteiger partial charge in [-0.1, -0.05) is 24.6 Å². The van der Waals surface area contributed by atoms with Crippen molar-refractivity contribution in [1.29, 1.82) is 0 Å². The number of nitrogens with zero attached hydrogens (tertiary/aromatic N) is 3. The maximum absolute atomic E-state index is 6.15. The van der Waals surface area contributed by atoms with E-state index in [4.69, 9.17) is 11.6 Å². The van der Waals surface area contributed by atoms with E-state index in [2.05, 4.69) is 53.3 Å². The Balaban J connectivity index is 2.19. The van der Waals surface area contributed by atoms with Gasteiger partial charge in [0.2, 0.25) is 0 Å². The van der Waals surface area contributed by atoms with E-state index >= 15 is 0 Å². The first kappa shape index (κ1) is 14.3. The van der Waals surface area contributed by atoms with Crippen LogP contribution >= 0.6 is 22.9 Å². The van der Waals surface area contributed by atoms with Crippen molar-refractivity contribution in [3.8, 4) is 0 Å². The molecule has 0 radical (unpaired) electrons. The van der Waals surface area contributed by atoms with E-state index in [1.165, 1.54) is 11.2 Å². The first-order valence-electron chi connectivity index (χ1n) is 6.38. The zero-order chi connectivity index (χ0) is 13.8. The SMILES string of the molecule is CCc1c(Cl)ncnc1N(C)C(C)Cc1cccs1. The Morgan fingerprint density at radius 3 is 2.84 bits per heavy atom. The minimum absolute atomic E-state index is 0.370. The predicted octanol–water partition coefficient (Wildman–Crippen LogP) is 3.82. The Morgan fingerprint density at radius 1 is 1.42 bits per heavy atom. The van der Waals surface area contributed by atoms with Crippen LogP contribution in [0.1, 0.15) is 24.3 Å². The molecule has 3 nitrogen and oxygen atoms in total. The van der Waals surface area contributed by atoms with Crippen molar-refractivity contribution in [2.45, 2.75) is 32.7 Å². The molecule has 19 heavy (non-hydrogen) atoms. The van der Waals surface area contributed by atoms with Crippen LogP contribution in [0.15, 0.2) is 23.8 Å². The van der Waals surface area contributed by atoms with Crippen LogP contribution in [-0.4, -0.2) is 23.1 Å². The molecule has 0 aromatic carbocycles. The van der Waals surface area contributed by atoms with E-state index in [1.54, 1.807) is 11.3 Å².